The number of nitrogens with two attached hydrogens (primary N) is 2. The Labute approximate surface area is 166 Å². The summed E-state index contributed by atoms with van der Waals surface area (Å²) in [5.74, 6) is 0.769. The Morgan fingerprint density at radius 2 is 1.86 bits per heavy atom. The van der Waals surface area contributed by atoms with Crippen molar-refractivity contribution in [1.29, 1.82) is 0 Å². The van der Waals surface area contributed by atoms with Crippen molar-refractivity contribution < 1.29 is 4.79 Å². The molecule has 0 unspecified atom stereocenters. The van der Waals surface area contributed by atoms with Crippen LogP contribution in [0.4, 0.5) is 11.4 Å². The summed E-state index contributed by atoms with van der Waals surface area (Å²) in [6, 6.07) is 6.03. The predicted octanol–water partition coefficient (Wildman–Crippen LogP) is 3.23. The summed E-state index contributed by atoms with van der Waals surface area (Å²) in [4.78, 5) is 23.8. The molecule has 1 aliphatic heterocycles. The molecule has 1 spiro atoms. The normalized spacial score (nSPS) is 22.1. The van der Waals surface area contributed by atoms with Gasteiger partial charge < -0.3 is 16.8 Å². The molecular formula is C21H30N6O. The molecule has 0 saturated heterocycles. The first kappa shape index (κ1) is 18.8. The van der Waals surface area contributed by atoms with Gasteiger partial charge in [0, 0.05) is 5.92 Å². The summed E-state index contributed by atoms with van der Waals surface area (Å²) >= 11 is 0. The highest BCUT2D eigenvalue weighted by Gasteiger charge is 2.43. The summed E-state index contributed by atoms with van der Waals surface area (Å²) in [7, 11) is 0. The molecular weight excluding hydrogens is 352 g/mol. The average Bonchev–Trinajstić information content (AvgIpc) is 3.18. The molecule has 150 valence electrons. The molecule has 0 aromatic heterocycles. The summed E-state index contributed by atoms with van der Waals surface area (Å²) in [5.41, 5.74) is 14.6. The fraction of sp³-hybridized carbons (Fsp3) is 0.571. The van der Waals surface area contributed by atoms with Crippen molar-refractivity contribution in [3.8, 4) is 0 Å². The minimum atomic E-state index is -0.519. The van der Waals surface area contributed by atoms with Crippen LogP contribution in [0.3, 0.4) is 0 Å². The standard InChI is InChI=1S/C21H30N6O/c1-14-9-10-16(24-18(28)15-7-3-4-8-15)17(13-14)27-20(23)25-19(22)26-21(27)11-5-2-6-12-21/h9-10,13,15H,2-8,11-12H2,1H3,(H,24,28)(H4,22,23,25,26). The van der Waals surface area contributed by atoms with Gasteiger partial charge in [-0.2, -0.15) is 4.99 Å². The van der Waals surface area contributed by atoms with E-state index in [4.69, 9.17) is 16.5 Å². The van der Waals surface area contributed by atoms with Crippen molar-refractivity contribution in [2.24, 2.45) is 27.4 Å². The Hall–Kier alpha value is -2.57. The number of guanidine groups is 2. The third kappa shape index (κ3) is 3.45. The molecule has 1 aromatic rings. The Morgan fingerprint density at radius 3 is 2.57 bits per heavy atom. The molecule has 1 heterocycles. The van der Waals surface area contributed by atoms with Crippen molar-refractivity contribution in [2.75, 3.05) is 10.2 Å². The molecule has 2 saturated carbocycles. The zero-order valence-electron chi connectivity index (χ0n) is 16.6. The van der Waals surface area contributed by atoms with Crippen LogP contribution in [0.5, 0.6) is 0 Å². The molecule has 7 nitrogen and oxygen atoms in total. The molecule has 4 rings (SSSR count). The van der Waals surface area contributed by atoms with Gasteiger partial charge in [0.05, 0.1) is 11.4 Å². The Bertz CT molecular complexity index is 818. The second kappa shape index (κ2) is 7.45. The van der Waals surface area contributed by atoms with Crippen LogP contribution in [0.15, 0.2) is 28.2 Å². The van der Waals surface area contributed by atoms with Crippen molar-refractivity contribution in [1.82, 2.24) is 0 Å². The first-order chi connectivity index (χ1) is 13.5. The number of rotatable bonds is 3. The number of carbonyl (C=O) groups excluding carboxylic acids is 1. The number of hydrogen-bond donors (Lipinski definition) is 3. The molecule has 7 heteroatoms. The third-order valence-corrected chi connectivity index (χ3v) is 6.23. The molecule has 2 fully saturated rings. The lowest BCUT2D eigenvalue weighted by molar-refractivity contribution is -0.119. The fourth-order valence-corrected chi connectivity index (χ4v) is 4.83. The minimum Gasteiger partial charge on any atom is -0.369 e. The quantitative estimate of drug-likeness (QED) is 0.745. The Kier molecular flexibility index (Phi) is 5.00. The number of amides is 1. The van der Waals surface area contributed by atoms with Gasteiger partial charge in [-0.25, -0.2) is 4.99 Å². The van der Waals surface area contributed by atoms with Crippen molar-refractivity contribution in [2.45, 2.75) is 70.4 Å². The maximum absolute atomic E-state index is 12.8. The predicted molar refractivity (Wildman–Crippen MR) is 113 cm³/mol. The van der Waals surface area contributed by atoms with Crippen molar-refractivity contribution >= 4 is 29.2 Å². The zero-order chi connectivity index (χ0) is 19.7. The molecule has 5 N–H and O–H groups in total. The molecule has 0 radical (unpaired) electrons. The molecule has 1 aromatic carbocycles. The molecule has 2 aliphatic carbocycles. The molecule has 0 bridgehead atoms. The lowest BCUT2D eigenvalue weighted by Gasteiger charge is -2.46. The summed E-state index contributed by atoms with van der Waals surface area (Å²) in [6.45, 7) is 2.04. The van der Waals surface area contributed by atoms with Crippen LogP contribution in [0.1, 0.15) is 63.4 Å². The zero-order valence-corrected chi connectivity index (χ0v) is 16.6. The van der Waals surface area contributed by atoms with Gasteiger partial charge in [-0.1, -0.05) is 25.3 Å². The van der Waals surface area contributed by atoms with Gasteiger partial charge in [-0.3, -0.25) is 9.69 Å². The van der Waals surface area contributed by atoms with Crippen molar-refractivity contribution in [3.05, 3.63) is 23.8 Å². The maximum Gasteiger partial charge on any atom is 0.227 e. The van der Waals surface area contributed by atoms with E-state index in [1.165, 1.54) is 6.42 Å². The van der Waals surface area contributed by atoms with Crippen LogP contribution in [-0.4, -0.2) is 23.5 Å². The van der Waals surface area contributed by atoms with E-state index in [0.29, 0.717) is 5.96 Å². The van der Waals surface area contributed by atoms with Crippen LogP contribution in [-0.2, 0) is 4.79 Å². The highest BCUT2D eigenvalue weighted by atomic mass is 16.1. The van der Waals surface area contributed by atoms with E-state index in [1.807, 2.05) is 24.0 Å². The highest BCUT2D eigenvalue weighted by molar-refractivity contribution is 6.08. The van der Waals surface area contributed by atoms with Gasteiger partial charge >= 0.3 is 0 Å². The third-order valence-electron chi connectivity index (χ3n) is 6.23. The van der Waals surface area contributed by atoms with E-state index in [9.17, 15) is 4.79 Å². The van der Waals surface area contributed by atoms with Crippen LogP contribution in [0.2, 0.25) is 0 Å². The monoisotopic (exact) mass is 382 g/mol. The van der Waals surface area contributed by atoms with Gasteiger partial charge in [-0.15, -0.1) is 0 Å². The van der Waals surface area contributed by atoms with E-state index in [1.54, 1.807) is 0 Å². The molecule has 1 amide bonds. The van der Waals surface area contributed by atoms with Crippen molar-refractivity contribution in [3.63, 3.8) is 0 Å². The number of carbonyl (C=O) groups is 1. The minimum absolute atomic E-state index is 0.0934. The van der Waals surface area contributed by atoms with E-state index in [2.05, 4.69) is 16.4 Å². The van der Waals surface area contributed by atoms with E-state index >= 15 is 0 Å². The Morgan fingerprint density at radius 1 is 1.14 bits per heavy atom. The molecule has 3 aliphatic rings. The van der Waals surface area contributed by atoms with E-state index in [0.717, 1.165) is 68.3 Å². The number of aliphatic imine (C=N–C) groups is 2. The summed E-state index contributed by atoms with van der Waals surface area (Å²) < 4.78 is 0. The molecule has 0 atom stereocenters. The lowest BCUT2D eigenvalue weighted by atomic mass is 9.87. The fourth-order valence-electron chi connectivity index (χ4n) is 4.83. The van der Waals surface area contributed by atoms with Gasteiger partial charge in [0.1, 0.15) is 5.66 Å². The van der Waals surface area contributed by atoms with Crippen LogP contribution in [0, 0.1) is 12.8 Å². The Balaban J connectivity index is 1.73. The number of anilines is 2. The molecule has 28 heavy (non-hydrogen) atoms. The second-order valence-electron chi connectivity index (χ2n) is 8.31. The lowest BCUT2D eigenvalue weighted by Crippen LogP contribution is -2.58. The van der Waals surface area contributed by atoms with Gasteiger partial charge in [0.2, 0.25) is 17.8 Å². The van der Waals surface area contributed by atoms with Gasteiger partial charge in [0.15, 0.2) is 0 Å². The number of nitrogens with one attached hydrogen (secondary N) is 1. The largest absolute Gasteiger partial charge is 0.369 e. The van der Waals surface area contributed by atoms with Crippen LogP contribution >= 0.6 is 0 Å². The summed E-state index contributed by atoms with van der Waals surface area (Å²) in [6.07, 6.45) is 9.23. The second-order valence-corrected chi connectivity index (χ2v) is 8.31. The topological polar surface area (TPSA) is 109 Å². The highest BCUT2D eigenvalue weighted by Crippen LogP contribution is 2.42. The SMILES string of the molecule is Cc1ccc(NC(=O)C2CCCC2)c(N2C(N)=NC(N)=NC23CCCCC3)c1. The summed E-state index contributed by atoms with van der Waals surface area (Å²) in [5, 5.41) is 3.16. The number of nitrogens with zero attached hydrogens (tertiary/aromatic N) is 3. The van der Waals surface area contributed by atoms with Gasteiger partial charge in [0.25, 0.3) is 0 Å². The van der Waals surface area contributed by atoms with Gasteiger partial charge in [-0.05, 0) is 63.1 Å². The van der Waals surface area contributed by atoms with E-state index < -0.39 is 5.66 Å². The maximum atomic E-state index is 12.8. The van der Waals surface area contributed by atoms with Crippen LogP contribution < -0.4 is 21.7 Å². The first-order valence-corrected chi connectivity index (χ1v) is 10.4. The average molecular weight is 383 g/mol. The van der Waals surface area contributed by atoms with Crippen LogP contribution in [0.25, 0.3) is 0 Å². The number of aryl methyl sites for hydroxylation is 1. The van der Waals surface area contributed by atoms with E-state index in [-0.39, 0.29) is 17.8 Å². The number of benzene rings is 1. The number of hydrogen-bond acceptors (Lipinski definition) is 6. The smallest absolute Gasteiger partial charge is 0.227 e. The first-order valence-electron chi connectivity index (χ1n) is 10.4.